The quantitative estimate of drug-likeness (QED) is 0.780. The van der Waals surface area contributed by atoms with Gasteiger partial charge in [-0.3, -0.25) is 0 Å². The summed E-state index contributed by atoms with van der Waals surface area (Å²) >= 11 is 0. The Labute approximate surface area is 94.4 Å². The number of hydrogen-bond donors (Lipinski definition) is 1. The molecule has 0 unspecified atom stereocenters. The van der Waals surface area contributed by atoms with Crippen LogP contribution < -0.4 is 0 Å². The summed E-state index contributed by atoms with van der Waals surface area (Å²) < 4.78 is 5.73. The zero-order valence-corrected chi connectivity index (χ0v) is 10.7. The highest BCUT2D eigenvalue weighted by molar-refractivity contribution is 4.72. The van der Waals surface area contributed by atoms with Gasteiger partial charge in [0.25, 0.3) is 0 Å². The average molecular weight is 217 g/mol. The number of rotatable bonds is 4. The maximum Gasteiger partial charge on any atom is 0.0603 e. The lowest BCUT2D eigenvalue weighted by molar-refractivity contribution is -0.0283. The van der Waals surface area contributed by atoms with E-state index in [9.17, 15) is 0 Å². The van der Waals surface area contributed by atoms with Crippen LogP contribution in [-0.4, -0.2) is 48.5 Å². The molecule has 0 aromatic rings. The van der Waals surface area contributed by atoms with Gasteiger partial charge in [0.05, 0.1) is 18.8 Å². The van der Waals surface area contributed by atoms with Crippen LogP contribution in [0.5, 0.6) is 0 Å². The van der Waals surface area contributed by atoms with E-state index in [0.29, 0.717) is 12.2 Å². The highest BCUT2D eigenvalue weighted by Crippen LogP contribution is 2.14. The maximum absolute atomic E-state index is 8.76. The lowest BCUT2D eigenvalue weighted by atomic mass is 10.1. The summed E-state index contributed by atoms with van der Waals surface area (Å²) in [7, 11) is 0. The first-order valence-electron chi connectivity index (χ1n) is 6.21. The van der Waals surface area contributed by atoms with E-state index >= 15 is 0 Å². The monoisotopic (exact) mass is 217 g/mol. The summed E-state index contributed by atoms with van der Waals surface area (Å²) in [5, 5.41) is 8.76. The normalized spacial score (nSPS) is 18.8. The van der Waals surface area contributed by atoms with E-state index < -0.39 is 0 Å². The number of hydrogen-bond acceptors (Lipinski definition) is 3. The second kappa shape index (κ2) is 9.13. The summed E-state index contributed by atoms with van der Waals surface area (Å²) in [5.74, 6) is 0. The van der Waals surface area contributed by atoms with E-state index in [1.54, 1.807) is 0 Å². The van der Waals surface area contributed by atoms with Crippen LogP contribution in [0.3, 0.4) is 0 Å². The summed E-state index contributed by atoms with van der Waals surface area (Å²) in [5.41, 5.74) is 0. The van der Waals surface area contributed by atoms with Gasteiger partial charge in [0.2, 0.25) is 0 Å². The minimum Gasteiger partial charge on any atom is -0.395 e. The lowest BCUT2D eigenvalue weighted by Crippen LogP contribution is -2.39. The first-order valence-corrected chi connectivity index (χ1v) is 6.21. The van der Waals surface area contributed by atoms with E-state index in [1.807, 2.05) is 13.8 Å². The third-order valence-corrected chi connectivity index (χ3v) is 2.42. The van der Waals surface area contributed by atoms with Crippen LogP contribution in [0.25, 0.3) is 0 Å². The number of aliphatic hydroxyl groups excluding tert-OH is 1. The third-order valence-electron chi connectivity index (χ3n) is 2.42. The molecule has 92 valence electrons. The van der Waals surface area contributed by atoms with Gasteiger partial charge in [0, 0.05) is 19.6 Å². The number of aliphatic hydroxyl groups is 1. The van der Waals surface area contributed by atoms with Crippen molar-refractivity contribution in [1.29, 1.82) is 0 Å². The number of nitrogens with zero attached hydrogens (tertiary/aromatic N) is 1. The molecule has 1 heterocycles. The van der Waals surface area contributed by atoms with Crippen LogP contribution in [-0.2, 0) is 4.74 Å². The molecule has 1 N–H and O–H groups in total. The van der Waals surface area contributed by atoms with Crippen molar-refractivity contribution in [2.75, 3.05) is 26.2 Å². The molecule has 0 atom stereocenters. The van der Waals surface area contributed by atoms with E-state index in [4.69, 9.17) is 9.84 Å². The zero-order chi connectivity index (χ0) is 11.7. The summed E-state index contributed by atoms with van der Waals surface area (Å²) in [4.78, 5) is 2.29. The molecule has 0 amide bonds. The summed E-state index contributed by atoms with van der Waals surface area (Å²) in [6.07, 6.45) is 3.00. The molecule has 0 aromatic carbocycles. The van der Waals surface area contributed by atoms with Crippen molar-refractivity contribution >= 4 is 0 Å². The van der Waals surface area contributed by atoms with Gasteiger partial charge >= 0.3 is 0 Å². The van der Waals surface area contributed by atoms with E-state index in [-0.39, 0.29) is 6.61 Å². The molecular formula is C12H27NO2. The van der Waals surface area contributed by atoms with Crippen molar-refractivity contribution in [1.82, 2.24) is 4.90 Å². The van der Waals surface area contributed by atoms with Crippen molar-refractivity contribution in [3.8, 4) is 0 Å². The van der Waals surface area contributed by atoms with Gasteiger partial charge in [0.1, 0.15) is 0 Å². The molecule has 0 spiro atoms. The second-order valence-corrected chi connectivity index (χ2v) is 3.95. The first-order chi connectivity index (χ1) is 7.22. The zero-order valence-electron chi connectivity index (χ0n) is 10.7. The third kappa shape index (κ3) is 6.88. The molecule has 15 heavy (non-hydrogen) atoms. The van der Waals surface area contributed by atoms with Crippen LogP contribution in [0, 0.1) is 0 Å². The van der Waals surface area contributed by atoms with Gasteiger partial charge in [-0.2, -0.15) is 0 Å². The minimum absolute atomic E-state index is 0.274. The van der Waals surface area contributed by atoms with Crippen LogP contribution in [0.15, 0.2) is 0 Å². The van der Waals surface area contributed by atoms with Crippen LogP contribution >= 0.6 is 0 Å². The molecule has 1 fully saturated rings. The van der Waals surface area contributed by atoms with Crippen molar-refractivity contribution in [3.63, 3.8) is 0 Å². The fraction of sp³-hybridized carbons (Fsp3) is 1.00. The van der Waals surface area contributed by atoms with Gasteiger partial charge in [-0.1, -0.05) is 13.8 Å². The predicted molar refractivity (Wildman–Crippen MR) is 64.1 cm³/mol. The minimum atomic E-state index is 0.274. The molecule has 0 bridgehead atoms. The molecule has 0 aromatic heterocycles. The Balaban J connectivity index is 0.000000921. The van der Waals surface area contributed by atoms with Crippen LogP contribution in [0.1, 0.15) is 40.5 Å². The maximum atomic E-state index is 8.76. The largest absolute Gasteiger partial charge is 0.395 e. The fourth-order valence-corrected chi connectivity index (χ4v) is 1.80. The Kier molecular flexibility index (Phi) is 9.06. The first kappa shape index (κ1) is 14.9. The summed E-state index contributed by atoms with van der Waals surface area (Å²) in [6, 6.07) is 0. The van der Waals surface area contributed by atoms with Gasteiger partial charge in [0.15, 0.2) is 0 Å². The van der Waals surface area contributed by atoms with Gasteiger partial charge < -0.3 is 14.7 Å². The molecule has 1 aliphatic rings. The van der Waals surface area contributed by atoms with E-state index in [0.717, 1.165) is 32.5 Å². The highest BCUT2D eigenvalue weighted by Gasteiger charge is 2.19. The Morgan fingerprint density at radius 2 is 1.80 bits per heavy atom. The Bertz CT molecular complexity index is 132. The van der Waals surface area contributed by atoms with E-state index in [2.05, 4.69) is 18.7 Å². The average Bonchev–Trinajstić information content (AvgIpc) is 2.24. The van der Waals surface area contributed by atoms with Gasteiger partial charge in [-0.15, -0.1) is 0 Å². The molecule has 0 aliphatic carbocycles. The van der Waals surface area contributed by atoms with Crippen molar-refractivity contribution in [2.24, 2.45) is 0 Å². The Hall–Kier alpha value is -0.120. The van der Waals surface area contributed by atoms with Gasteiger partial charge in [-0.05, 0) is 26.7 Å². The van der Waals surface area contributed by atoms with E-state index in [1.165, 1.54) is 0 Å². The Morgan fingerprint density at radius 3 is 2.20 bits per heavy atom. The molecular weight excluding hydrogens is 190 g/mol. The highest BCUT2D eigenvalue weighted by atomic mass is 16.5. The standard InChI is InChI=1S/C10H21NO2.C2H6/c1-9(2)13-10-3-5-11(6-4-10)7-8-12;1-2/h9-10,12H,3-8H2,1-2H3;1-2H3. The van der Waals surface area contributed by atoms with Crippen molar-refractivity contribution < 1.29 is 9.84 Å². The SMILES string of the molecule is CC.CC(C)OC1CCN(CCO)CC1. The molecule has 1 saturated heterocycles. The smallest absolute Gasteiger partial charge is 0.0603 e. The van der Waals surface area contributed by atoms with Gasteiger partial charge in [-0.25, -0.2) is 0 Å². The van der Waals surface area contributed by atoms with Crippen molar-refractivity contribution in [2.45, 2.75) is 52.7 Å². The predicted octanol–water partition coefficient (Wildman–Crippen LogP) is 1.89. The summed E-state index contributed by atoms with van der Waals surface area (Å²) in [6.45, 7) is 11.4. The number of piperidine rings is 1. The molecule has 3 heteroatoms. The molecule has 0 radical (unpaired) electrons. The van der Waals surface area contributed by atoms with Crippen LogP contribution in [0.4, 0.5) is 0 Å². The van der Waals surface area contributed by atoms with Crippen LogP contribution in [0.2, 0.25) is 0 Å². The number of β-amino-alcohol motifs (C(OH)–C–C–N with tert-alkyl or cyclic N) is 1. The lowest BCUT2D eigenvalue weighted by Gasteiger charge is -2.32. The fourth-order valence-electron chi connectivity index (χ4n) is 1.80. The number of ether oxygens (including phenoxy) is 1. The molecule has 3 nitrogen and oxygen atoms in total. The topological polar surface area (TPSA) is 32.7 Å². The molecule has 0 saturated carbocycles. The number of likely N-dealkylation sites (tertiary alicyclic amines) is 1. The Morgan fingerprint density at radius 1 is 1.27 bits per heavy atom. The van der Waals surface area contributed by atoms with Crippen molar-refractivity contribution in [3.05, 3.63) is 0 Å². The molecule has 1 aliphatic heterocycles. The molecule has 1 rings (SSSR count). The second-order valence-electron chi connectivity index (χ2n) is 3.95.